The van der Waals surface area contributed by atoms with Crippen LogP contribution in [-0.2, 0) is 11.2 Å². The molecular weight excluding hydrogens is 232 g/mol. The van der Waals surface area contributed by atoms with Crippen molar-refractivity contribution >= 4 is 30.0 Å². The quantitative estimate of drug-likeness (QED) is 0.637. The zero-order chi connectivity index (χ0) is 11.3. The second-order valence-corrected chi connectivity index (χ2v) is 3.86. The molecule has 0 radical (unpaired) electrons. The van der Waals surface area contributed by atoms with E-state index in [1.54, 1.807) is 0 Å². The zero-order valence-electron chi connectivity index (χ0n) is 8.50. The van der Waals surface area contributed by atoms with Crippen molar-refractivity contribution < 1.29 is 9.53 Å². The fourth-order valence-electron chi connectivity index (χ4n) is 1.24. The van der Waals surface area contributed by atoms with Gasteiger partial charge in [-0.15, -0.1) is 24.2 Å². The van der Waals surface area contributed by atoms with Crippen LogP contribution in [0, 0.1) is 0 Å². The lowest BCUT2D eigenvalue weighted by molar-refractivity contribution is -0.116. The van der Waals surface area contributed by atoms with Crippen molar-refractivity contribution in [3.8, 4) is 5.75 Å². The van der Waals surface area contributed by atoms with Crippen molar-refractivity contribution in [1.82, 2.24) is 0 Å². The summed E-state index contributed by atoms with van der Waals surface area (Å²) >= 11 is 9.67. The lowest BCUT2D eigenvalue weighted by Gasteiger charge is -2.09. The van der Waals surface area contributed by atoms with Gasteiger partial charge >= 0.3 is 0 Å². The number of thiol groups is 1. The van der Waals surface area contributed by atoms with Gasteiger partial charge in [0.2, 0.25) is 0 Å². The van der Waals surface area contributed by atoms with Crippen LogP contribution in [0.4, 0.5) is 0 Å². The monoisotopic (exact) mass is 244 g/mol. The Balaban J connectivity index is 2.89. The first kappa shape index (κ1) is 12.4. The maximum absolute atomic E-state index is 11.2. The Hall–Kier alpha value is -0.670. The molecule has 0 amide bonds. The third kappa shape index (κ3) is 3.76. The van der Waals surface area contributed by atoms with Gasteiger partial charge in [-0.2, -0.15) is 0 Å². The van der Waals surface area contributed by atoms with Gasteiger partial charge in [-0.3, -0.25) is 4.79 Å². The Labute approximate surface area is 100.0 Å². The van der Waals surface area contributed by atoms with Crippen LogP contribution < -0.4 is 4.74 Å². The van der Waals surface area contributed by atoms with E-state index in [1.165, 1.54) is 0 Å². The van der Waals surface area contributed by atoms with Gasteiger partial charge < -0.3 is 4.74 Å². The summed E-state index contributed by atoms with van der Waals surface area (Å²) in [5.41, 5.74) is 0.861. The number of Topliss-reactive ketones (excluding diaryl/α,β-unsaturated/α-hetero) is 1. The van der Waals surface area contributed by atoms with E-state index in [0.29, 0.717) is 18.8 Å². The van der Waals surface area contributed by atoms with E-state index in [4.69, 9.17) is 16.3 Å². The summed E-state index contributed by atoms with van der Waals surface area (Å²) in [4.78, 5) is 12.0. The largest absolute Gasteiger partial charge is 0.494 e. The number of rotatable bonds is 5. The van der Waals surface area contributed by atoms with Crippen molar-refractivity contribution in [2.75, 3.05) is 12.5 Å². The topological polar surface area (TPSA) is 26.3 Å². The maximum atomic E-state index is 11.2. The van der Waals surface area contributed by atoms with Gasteiger partial charge in [0.05, 0.1) is 12.5 Å². The molecule has 0 spiro atoms. The second-order valence-electron chi connectivity index (χ2n) is 3.07. The van der Waals surface area contributed by atoms with Crippen LogP contribution in [0.2, 0.25) is 0 Å². The number of alkyl halides is 1. The highest BCUT2D eigenvalue weighted by molar-refractivity contribution is 7.80. The smallest absolute Gasteiger partial charge is 0.152 e. The lowest BCUT2D eigenvalue weighted by atomic mass is 10.1. The third-order valence-corrected chi connectivity index (χ3v) is 2.46. The summed E-state index contributed by atoms with van der Waals surface area (Å²) in [6, 6.07) is 5.49. The molecule has 15 heavy (non-hydrogen) atoms. The average molecular weight is 245 g/mol. The molecule has 0 atom stereocenters. The van der Waals surface area contributed by atoms with E-state index < -0.39 is 0 Å². The first-order chi connectivity index (χ1) is 7.17. The van der Waals surface area contributed by atoms with Gasteiger partial charge in [0, 0.05) is 16.9 Å². The molecule has 4 heteroatoms. The Morgan fingerprint density at radius 3 is 2.87 bits per heavy atom. The first-order valence-corrected chi connectivity index (χ1v) is 5.68. The summed E-state index contributed by atoms with van der Waals surface area (Å²) in [6.07, 6.45) is 0.312. The third-order valence-electron chi connectivity index (χ3n) is 1.89. The van der Waals surface area contributed by atoms with Gasteiger partial charge in [-0.1, -0.05) is 6.07 Å². The number of carbonyl (C=O) groups is 1. The molecule has 0 heterocycles. The second kappa shape index (κ2) is 6.03. The molecule has 2 nitrogen and oxygen atoms in total. The molecule has 0 aromatic heterocycles. The van der Waals surface area contributed by atoms with Crippen molar-refractivity contribution in [2.24, 2.45) is 0 Å². The minimum absolute atomic E-state index is 0.00969. The van der Waals surface area contributed by atoms with Gasteiger partial charge in [-0.05, 0) is 19.1 Å². The SMILES string of the molecule is CCOc1cc(S)ccc1CC(=O)CCl. The molecule has 0 unspecified atom stereocenters. The summed E-state index contributed by atoms with van der Waals surface area (Å²) < 4.78 is 5.42. The van der Waals surface area contributed by atoms with Gasteiger partial charge in [-0.25, -0.2) is 0 Å². The van der Waals surface area contributed by atoms with E-state index in [2.05, 4.69) is 12.6 Å². The molecule has 1 aromatic rings. The fourth-order valence-corrected chi connectivity index (χ4v) is 1.53. The van der Waals surface area contributed by atoms with Gasteiger partial charge in [0.15, 0.2) is 5.78 Å². The molecule has 0 bridgehead atoms. The number of carbonyl (C=O) groups excluding carboxylic acids is 1. The Morgan fingerprint density at radius 2 is 2.27 bits per heavy atom. The molecular formula is C11H13ClO2S. The lowest BCUT2D eigenvalue weighted by Crippen LogP contribution is -2.06. The average Bonchev–Trinajstić information content (AvgIpc) is 2.22. The molecule has 1 aromatic carbocycles. The minimum atomic E-state index is -0.00969. The van der Waals surface area contributed by atoms with E-state index in [-0.39, 0.29) is 11.7 Å². The number of ketones is 1. The first-order valence-electron chi connectivity index (χ1n) is 4.69. The summed E-state index contributed by atoms with van der Waals surface area (Å²) in [5, 5.41) is 0. The standard InChI is InChI=1S/C11H13ClO2S/c1-2-14-11-6-10(15)4-3-8(11)5-9(13)7-12/h3-4,6,15H,2,5,7H2,1H3. The van der Waals surface area contributed by atoms with E-state index >= 15 is 0 Å². The van der Waals surface area contributed by atoms with E-state index in [1.807, 2.05) is 25.1 Å². The zero-order valence-corrected chi connectivity index (χ0v) is 10.1. The Bertz CT molecular complexity index is 352. The van der Waals surface area contributed by atoms with E-state index in [9.17, 15) is 4.79 Å². The molecule has 0 aliphatic heterocycles. The summed E-state index contributed by atoms with van der Waals surface area (Å²) in [5.74, 6) is 0.738. The maximum Gasteiger partial charge on any atom is 0.152 e. The number of halogens is 1. The van der Waals surface area contributed by atoms with Crippen LogP contribution in [0.1, 0.15) is 12.5 Å². The van der Waals surface area contributed by atoms with Crippen LogP contribution in [0.15, 0.2) is 23.1 Å². The number of hydrogen-bond acceptors (Lipinski definition) is 3. The Kier molecular flexibility index (Phi) is 4.99. The molecule has 0 aliphatic rings. The van der Waals surface area contributed by atoms with Crippen LogP contribution >= 0.6 is 24.2 Å². The minimum Gasteiger partial charge on any atom is -0.494 e. The molecule has 0 aliphatic carbocycles. The molecule has 0 saturated heterocycles. The van der Waals surface area contributed by atoms with Crippen LogP contribution in [-0.4, -0.2) is 18.3 Å². The van der Waals surface area contributed by atoms with Crippen molar-refractivity contribution in [1.29, 1.82) is 0 Å². The van der Waals surface area contributed by atoms with E-state index in [0.717, 1.165) is 10.5 Å². The number of ether oxygens (including phenoxy) is 1. The normalized spacial score (nSPS) is 10.1. The molecule has 0 N–H and O–H groups in total. The summed E-state index contributed by atoms with van der Waals surface area (Å²) in [7, 11) is 0. The highest BCUT2D eigenvalue weighted by Gasteiger charge is 2.08. The van der Waals surface area contributed by atoms with Crippen LogP contribution in [0.3, 0.4) is 0 Å². The van der Waals surface area contributed by atoms with Crippen molar-refractivity contribution in [3.05, 3.63) is 23.8 Å². The summed E-state index contributed by atoms with van der Waals surface area (Å²) in [6.45, 7) is 2.47. The molecule has 0 fully saturated rings. The highest BCUT2D eigenvalue weighted by atomic mass is 35.5. The Morgan fingerprint density at radius 1 is 1.53 bits per heavy atom. The van der Waals surface area contributed by atoms with Crippen molar-refractivity contribution in [2.45, 2.75) is 18.2 Å². The molecule has 82 valence electrons. The van der Waals surface area contributed by atoms with Crippen molar-refractivity contribution in [3.63, 3.8) is 0 Å². The predicted octanol–water partition coefficient (Wildman–Crippen LogP) is 2.72. The predicted molar refractivity (Wildman–Crippen MR) is 64.3 cm³/mol. The number of benzene rings is 1. The van der Waals surface area contributed by atoms with Gasteiger partial charge in [0.1, 0.15) is 5.75 Å². The number of hydrogen-bond donors (Lipinski definition) is 1. The van der Waals surface area contributed by atoms with Crippen LogP contribution in [0.25, 0.3) is 0 Å². The fraction of sp³-hybridized carbons (Fsp3) is 0.364. The highest BCUT2D eigenvalue weighted by Crippen LogP contribution is 2.23. The molecule has 0 saturated carbocycles. The van der Waals surface area contributed by atoms with Crippen LogP contribution in [0.5, 0.6) is 5.75 Å². The van der Waals surface area contributed by atoms with Gasteiger partial charge in [0.25, 0.3) is 0 Å². The molecule has 1 rings (SSSR count).